The van der Waals surface area contributed by atoms with Gasteiger partial charge in [-0.25, -0.2) is 4.79 Å². The van der Waals surface area contributed by atoms with Crippen LogP contribution in [0.25, 0.3) is 0 Å². The molecule has 8 heteroatoms. The second kappa shape index (κ2) is 9.78. The Bertz CT molecular complexity index is 924. The Kier molecular flexibility index (Phi) is 6.90. The number of likely N-dealkylation sites (N-methyl/N-ethyl adjacent to an activating group) is 1. The Hall–Kier alpha value is -3.55. The van der Waals surface area contributed by atoms with Crippen LogP contribution in [0, 0.1) is 0 Å². The van der Waals surface area contributed by atoms with Crippen molar-refractivity contribution in [1.29, 1.82) is 0 Å². The van der Waals surface area contributed by atoms with Crippen LogP contribution in [0.4, 0.5) is 0 Å². The van der Waals surface area contributed by atoms with E-state index in [0.717, 1.165) is 5.56 Å². The Labute approximate surface area is 174 Å². The largest absolute Gasteiger partial charge is 0.482 e. The number of amides is 1. The number of fused-ring (bicyclic) bond motifs is 1. The van der Waals surface area contributed by atoms with Gasteiger partial charge in [0.25, 0.3) is 5.91 Å². The van der Waals surface area contributed by atoms with E-state index in [4.69, 9.17) is 18.9 Å². The summed E-state index contributed by atoms with van der Waals surface area (Å²) in [6.07, 6.45) is 0. The summed E-state index contributed by atoms with van der Waals surface area (Å²) in [5.74, 6) is 0.739. The average Bonchev–Trinajstić information content (AvgIpc) is 3.22. The van der Waals surface area contributed by atoms with Gasteiger partial charge in [0.15, 0.2) is 30.5 Å². The lowest BCUT2D eigenvalue weighted by atomic mass is 10.1. The van der Waals surface area contributed by atoms with Crippen LogP contribution in [0.2, 0.25) is 0 Å². The second-order valence-corrected chi connectivity index (χ2v) is 6.63. The summed E-state index contributed by atoms with van der Waals surface area (Å²) < 4.78 is 21.0. The molecule has 0 unspecified atom stereocenters. The molecule has 0 bridgehead atoms. The third kappa shape index (κ3) is 5.50. The summed E-state index contributed by atoms with van der Waals surface area (Å²) in [6.45, 7) is 3.63. The zero-order valence-electron chi connectivity index (χ0n) is 16.9. The first-order chi connectivity index (χ1) is 14.5. The number of benzene rings is 2. The molecule has 1 aliphatic heterocycles. The van der Waals surface area contributed by atoms with E-state index in [1.165, 1.54) is 6.92 Å². The van der Waals surface area contributed by atoms with Gasteiger partial charge in [-0.1, -0.05) is 6.07 Å². The van der Waals surface area contributed by atoms with Gasteiger partial charge < -0.3 is 23.8 Å². The summed E-state index contributed by atoms with van der Waals surface area (Å²) in [5.41, 5.74) is 1.44. The molecule has 1 amide bonds. The lowest BCUT2D eigenvalue weighted by Crippen LogP contribution is -2.34. The quantitative estimate of drug-likeness (QED) is 0.461. The van der Waals surface area contributed by atoms with Crippen molar-refractivity contribution in [2.75, 3.05) is 26.6 Å². The molecular formula is C22H23NO7. The molecule has 0 radical (unpaired) electrons. The average molecular weight is 413 g/mol. The predicted molar refractivity (Wildman–Crippen MR) is 107 cm³/mol. The number of carbonyl (C=O) groups is 3. The number of rotatable bonds is 9. The molecule has 2 aromatic carbocycles. The van der Waals surface area contributed by atoms with Crippen LogP contribution in [-0.4, -0.2) is 49.1 Å². The molecule has 0 aliphatic carbocycles. The molecule has 0 aromatic heterocycles. The number of ketones is 1. The number of nitrogens with zero attached hydrogens (tertiary/aromatic N) is 1. The highest BCUT2D eigenvalue weighted by molar-refractivity contribution is 5.94. The highest BCUT2D eigenvalue weighted by atomic mass is 16.7. The molecule has 30 heavy (non-hydrogen) atoms. The van der Waals surface area contributed by atoms with E-state index >= 15 is 0 Å². The molecule has 0 saturated heterocycles. The van der Waals surface area contributed by atoms with Gasteiger partial charge in [-0.2, -0.15) is 0 Å². The minimum absolute atomic E-state index is 0.0549. The normalized spacial score (nSPS) is 11.7. The fourth-order valence-electron chi connectivity index (χ4n) is 2.84. The van der Waals surface area contributed by atoms with Crippen LogP contribution >= 0.6 is 0 Å². The summed E-state index contributed by atoms with van der Waals surface area (Å²) in [7, 11) is 0. The molecule has 0 atom stereocenters. The highest BCUT2D eigenvalue weighted by Gasteiger charge is 2.18. The summed E-state index contributed by atoms with van der Waals surface area (Å²) in [6, 6.07) is 11.9. The van der Waals surface area contributed by atoms with E-state index in [9.17, 15) is 14.4 Å². The van der Waals surface area contributed by atoms with Gasteiger partial charge >= 0.3 is 5.97 Å². The summed E-state index contributed by atoms with van der Waals surface area (Å²) in [4.78, 5) is 37.1. The molecule has 1 aliphatic rings. The van der Waals surface area contributed by atoms with Gasteiger partial charge in [-0.15, -0.1) is 0 Å². The van der Waals surface area contributed by atoms with E-state index in [-0.39, 0.29) is 31.7 Å². The standard InChI is InChI=1S/C22H23NO7/c1-3-23(11-16-4-9-19-20(10-16)30-14-29-19)21(25)12-28-22(26)13-27-18-7-5-17(6-8-18)15(2)24/h4-10H,3,11-14H2,1-2H3. The minimum Gasteiger partial charge on any atom is -0.482 e. The van der Waals surface area contributed by atoms with Gasteiger partial charge in [0, 0.05) is 18.7 Å². The molecule has 1 heterocycles. The van der Waals surface area contributed by atoms with Gasteiger partial charge in [0.2, 0.25) is 6.79 Å². The van der Waals surface area contributed by atoms with Crippen molar-refractivity contribution in [1.82, 2.24) is 4.90 Å². The fraction of sp³-hybridized carbons (Fsp3) is 0.318. The number of esters is 1. The number of hydrogen-bond donors (Lipinski definition) is 0. The maximum absolute atomic E-state index is 12.4. The fourth-order valence-corrected chi connectivity index (χ4v) is 2.84. The monoisotopic (exact) mass is 413 g/mol. The van der Waals surface area contributed by atoms with Crippen LogP contribution in [-0.2, 0) is 20.9 Å². The topological polar surface area (TPSA) is 91.4 Å². The predicted octanol–water partition coefficient (Wildman–Crippen LogP) is 2.59. The molecule has 8 nitrogen and oxygen atoms in total. The Balaban J connectivity index is 1.44. The SMILES string of the molecule is CCN(Cc1ccc2c(c1)OCO2)C(=O)COC(=O)COc1ccc(C(C)=O)cc1. The van der Waals surface area contributed by atoms with Crippen molar-refractivity contribution in [3.8, 4) is 17.2 Å². The van der Waals surface area contributed by atoms with Gasteiger partial charge in [0.1, 0.15) is 5.75 Å². The van der Waals surface area contributed by atoms with Gasteiger partial charge in [-0.3, -0.25) is 9.59 Å². The third-order valence-corrected chi connectivity index (χ3v) is 4.52. The van der Waals surface area contributed by atoms with Crippen LogP contribution in [0.3, 0.4) is 0 Å². The van der Waals surface area contributed by atoms with E-state index in [2.05, 4.69) is 0 Å². The van der Waals surface area contributed by atoms with E-state index in [1.807, 2.05) is 19.1 Å². The first-order valence-electron chi connectivity index (χ1n) is 9.52. The molecule has 0 saturated carbocycles. The molecular weight excluding hydrogens is 390 g/mol. The maximum atomic E-state index is 12.4. The lowest BCUT2D eigenvalue weighted by Gasteiger charge is -2.21. The summed E-state index contributed by atoms with van der Waals surface area (Å²) >= 11 is 0. The number of carbonyl (C=O) groups excluding carboxylic acids is 3. The van der Waals surface area contributed by atoms with Crippen molar-refractivity contribution >= 4 is 17.7 Å². The summed E-state index contributed by atoms with van der Waals surface area (Å²) in [5, 5.41) is 0. The van der Waals surface area contributed by atoms with Crippen molar-refractivity contribution < 1.29 is 33.3 Å². The minimum atomic E-state index is -0.655. The van der Waals surface area contributed by atoms with Gasteiger partial charge in [-0.05, 0) is 55.8 Å². The van der Waals surface area contributed by atoms with E-state index < -0.39 is 5.97 Å². The third-order valence-electron chi connectivity index (χ3n) is 4.52. The number of hydrogen-bond acceptors (Lipinski definition) is 7. The van der Waals surface area contributed by atoms with Crippen molar-refractivity contribution in [2.45, 2.75) is 20.4 Å². The smallest absolute Gasteiger partial charge is 0.344 e. The van der Waals surface area contributed by atoms with E-state index in [1.54, 1.807) is 35.2 Å². The second-order valence-electron chi connectivity index (χ2n) is 6.63. The number of Topliss-reactive ketones (excluding diaryl/α,β-unsaturated/α-hetero) is 1. The highest BCUT2D eigenvalue weighted by Crippen LogP contribution is 2.32. The van der Waals surface area contributed by atoms with Crippen LogP contribution in [0.5, 0.6) is 17.2 Å². The first kappa shape index (κ1) is 21.2. The van der Waals surface area contributed by atoms with Crippen molar-refractivity contribution in [3.63, 3.8) is 0 Å². The Morgan fingerprint density at radius 3 is 2.43 bits per heavy atom. The first-order valence-corrected chi connectivity index (χ1v) is 9.52. The Morgan fingerprint density at radius 2 is 1.73 bits per heavy atom. The van der Waals surface area contributed by atoms with Crippen molar-refractivity contribution in [2.24, 2.45) is 0 Å². The molecule has 0 fully saturated rings. The zero-order valence-corrected chi connectivity index (χ0v) is 16.9. The lowest BCUT2D eigenvalue weighted by molar-refractivity contribution is -0.153. The van der Waals surface area contributed by atoms with Crippen LogP contribution in [0.15, 0.2) is 42.5 Å². The Morgan fingerprint density at radius 1 is 1.00 bits per heavy atom. The molecule has 3 rings (SSSR count). The molecule has 2 aromatic rings. The van der Waals surface area contributed by atoms with Gasteiger partial charge in [0.05, 0.1) is 0 Å². The molecule has 158 valence electrons. The van der Waals surface area contributed by atoms with E-state index in [0.29, 0.717) is 35.9 Å². The van der Waals surface area contributed by atoms with Crippen LogP contribution < -0.4 is 14.2 Å². The number of ether oxygens (including phenoxy) is 4. The van der Waals surface area contributed by atoms with Crippen molar-refractivity contribution in [3.05, 3.63) is 53.6 Å². The molecule has 0 spiro atoms. The zero-order chi connectivity index (χ0) is 21.5. The van der Waals surface area contributed by atoms with Crippen LogP contribution in [0.1, 0.15) is 29.8 Å². The molecule has 0 N–H and O–H groups in total. The maximum Gasteiger partial charge on any atom is 0.344 e.